The third-order valence-corrected chi connectivity index (χ3v) is 6.84. The summed E-state index contributed by atoms with van der Waals surface area (Å²) in [5.41, 5.74) is 4.47. The molecule has 8 heteroatoms. The Morgan fingerprint density at radius 1 is 1.00 bits per heavy atom. The number of hydrogen-bond acceptors (Lipinski definition) is 7. The molecule has 36 heavy (non-hydrogen) atoms. The van der Waals surface area contributed by atoms with Crippen LogP contribution in [0.25, 0.3) is 0 Å². The number of anilines is 4. The van der Waals surface area contributed by atoms with Crippen LogP contribution in [0.5, 0.6) is 0 Å². The van der Waals surface area contributed by atoms with Gasteiger partial charge >= 0.3 is 0 Å². The number of aryl methyl sites for hydroxylation is 1. The van der Waals surface area contributed by atoms with Crippen molar-refractivity contribution in [1.82, 2.24) is 15.3 Å². The Bertz CT molecular complexity index is 1150. The number of piperidine rings is 1. The van der Waals surface area contributed by atoms with E-state index in [-0.39, 0.29) is 11.8 Å². The first-order valence-electron chi connectivity index (χ1n) is 12.7. The Kier molecular flexibility index (Phi) is 7.61. The molecule has 1 atom stereocenters. The Labute approximate surface area is 212 Å². The van der Waals surface area contributed by atoms with Crippen LogP contribution in [0.3, 0.4) is 0 Å². The van der Waals surface area contributed by atoms with Gasteiger partial charge in [-0.2, -0.15) is 4.98 Å². The van der Waals surface area contributed by atoms with Crippen LogP contribution in [0, 0.1) is 12.8 Å². The van der Waals surface area contributed by atoms with Crippen molar-refractivity contribution in [2.45, 2.75) is 26.3 Å². The Morgan fingerprint density at radius 2 is 1.78 bits per heavy atom. The fourth-order valence-electron chi connectivity index (χ4n) is 4.73. The predicted octanol–water partition coefficient (Wildman–Crippen LogP) is 3.90. The van der Waals surface area contributed by atoms with Crippen molar-refractivity contribution >= 4 is 29.0 Å². The van der Waals surface area contributed by atoms with Crippen molar-refractivity contribution in [3.63, 3.8) is 0 Å². The SMILES string of the molecule is Cc1ccc(CNC(=O)C2CCCN(c3ccnc(Nc4ccc(N5CCOCC5)cc4)n3)C2)cc1. The number of nitrogens with zero attached hydrogens (tertiary/aromatic N) is 4. The van der Waals surface area contributed by atoms with Crippen LogP contribution in [-0.2, 0) is 16.1 Å². The second-order valence-corrected chi connectivity index (χ2v) is 9.50. The molecule has 1 aromatic heterocycles. The molecule has 8 nitrogen and oxygen atoms in total. The molecule has 3 aromatic rings. The average molecular weight is 487 g/mol. The average Bonchev–Trinajstić information content (AvgIpc) is 2.94. The summed E-state index contributed by atoms with van der Waals surface area (Å²) in [6.45, 7) is 7.53. The lowest BCUT2D eigenvalue weighted by Crippen LogP contribution is -2.43. The number of nitrogens with one attached hydrogen (secondary N) is 2. The van der Waals surface area contributed by atoms with Crippen LogP contribution in [0.1, 0.15) is 24.0 Å². The highest BCUT2D eigenvalue weighted by atomic mass is 16.5. The molecule has 2 aliphatic heterocycles. The number of carbonyl (C=O) groups is 1. The molecule has 1 amide bonds. The van der Waals surface area contributed by atoms with Crippen LogP contribution < -0.4 is 20.4 Å². The fraction of sp³-hybridized carbons (Fsp3) is 0.393. The summed E-state index contributed by atoms with van der Waals surface area (Å²) in [4.78, 5) is 26.5. The smallest absolute Gasteiger partial charge is 0.229 e. The number of rotatable bonds is 7. The number of hydrogen-bond donors (Lipinski definition) is 2. The standard InChI is InChI=1S/C28H34N6O2/c1-21-4-6-22(7-5-21)19-30-27(35)23-3-2-14-34(20-23)26-12-13-29-28(32-26)31-24-8-10-25(11-9-24)33-15-17-36-18-16-33/h4-13,23H,2-3,14-20H2,1H3,(H,30,35)(H,29,31,32). The second-order valence-electron chi connectivity index (χ2n) is 9.50. The van der Waals surface area contributed by atoms with Gasteiger partial charge in [-0.05, 0) is 55.7 Å². The summed E-state index contributed by atoms with van der Waals surface area (Å²) in [5.74, 6) is 1.45. The van der Waals surface area contributed by atoms with Gasteiger partial charge in [0.15, 0.2) is 0 Å². The van der Waals surface area contributed by atoms with E-state index in [4.69, 9.17) is 9.72 Å². The van der Waals surface area contributed by atoms with Gasteiger partial charge in [0.1, 0.15) is 5.82 Å². The quantitative estimate of drug-likeness (QED) is 0.524. The van der Waals surface area contributed by atoms with Gasteiger partial charge in [-0.25, -0.2) is 4.98 Å². The maximum absolute atomic E-state index is 12.9. The normalized spacial score (nSPS) is 18.1. The Morgan fingerprint density at radius 3 is 2.56 bits per heavy atom. The van der Waals surface area contributed by atoms with Gasteiger partial charge < -0.3 is 25.2 Å². The van der Waals surface area contributed by atoms with Gasteiger partial charge in [0.2, 0.25) is 11.9 Å². The van der Waals surface area contributed by atoms with Crippen molar-refractivity contribution in [3.8, 4) is 0 Å². The van der Waals surface area contributed by atoms with Gasteiger partial charge in [0.05, 0.1) is 19.1 Å². The maximum atomic E-state index is 12.9. The zero-order valence-electron chi connectivity index (χ0n) is 20.8. The van der Waals surface area contributed by atoms with Gasteiger partial charge in [-0.1, -0.05) is 29.8 Å². The number of benzene rings is 2. The molecule has 5 rings (SSSR count). The van der Waals surface area contributed by atoms with Crippen molar-refractivity contribution < 1.29 is 9.53 Å². The minimum absolute atomic E-state index is 0.0525. The van der Waals surface area contributed by atoms with Crippen molar-refractivity contribution in [1.29, 1.82) is 0 Å². The summed E-state index contributed by atoms with van der Waals surface area (Å²) >= 11 is 0. The van der Waals surface area contributed by atoms with Gasteiger partial charge in [0.25, 0.3) is 0 Å². The third-order valence-electron chi connectivity index (χ3n) is 6.84. The Hall–Kier alpha value is -3.65. The van der Waals surface area contributed by atoms with Crippen LogP contribution in [0.4, 0.5) is 23.1 Å². The molecule has 1 unspecified atom stereocenters. The topological polar surface area (TPSA) is 82.6 Å². The second kappa shape index (κ2) is 11.4. The van der Waals surface area contributed by atoms with Gasteiger partial charge in [-0.3, -0.25) is 4.79 Å². The molecule has 2 saturated heterocycles. The highest BCUT2D eigenvalue weighted by molar-refractivity contribution is 5.79. The van der Waals surface area contributed by atoms with Crippen molar-refractivity contribution in [2.75, 3.05) is 54.5 Å². The van der Waals surface area contributed by atoms with E-state index in [0.29, 0.717) is 19.0 Å². The number of amides is 1. The molecule has 3 heterocycles. The van der Waals surface area contributed by atoms with E-state index in [2.05, 4.69) is 80.9 Å². The molecule has 2 fully saturated rings. The van der Waals surface area contributed by atoms with E-state index in [1.807, 2.05) is 6.07 Å². The summed E-state index contributed by atoms with van der Waals surface area (Å²) in [5, 5.41) is 6.43. The fourth-order valence-corrected chi connectivity index (χ4v) is 4.73. The molecule has 0 aliphatic carbocycles. The molecule has 0 radical (unpaired) electrons. The third kappa shape index (κ3) is 6.12. The lowest BCUT2D eigenvalue weighted by atomic mass is 9.97. The Balaban J connectivity index is 1.17. The van der Waals surface area contributed by atoms with Crippen LogP contribution in [0.2, 0.25) is 0 Å². The monoisotopic (exact) mass is 486 g/mol. The molecule has 0 saturated carbocycles. The van der Waals surface area contributed by atoms with Gasteiger partial charge in [-0.15, -0.1) is 0 Å². The molecular weight excluding hydrogens is 452 g/mol. The molecule has 2 aliphatic rings. The number of carbonyl (C=O) groups excluding carboxylic acids is 1. The zero-order chi connectivity index (χ0) is 24.7. The van der Waals surface area contributed by atoms with E-state index in [0.717, 1.165) is 62.8 Å². The molecule has 2 N–H and O–H groups in total. The van der Waals surface area contributed by atoms with Gasteiger partial charge in [0, 0.05) is 50.3 Å². The maximum Gasteiger partial charge on any atom is 0.229 e. The van der Waals surface area contributed by atoms with E-state index >= 15 is 0 Å². The summed E-state index contributed by atoms with van der Waals surface area (Å²) in [7, 11) is 0. The largest absolute Gasteiger partial charge is 0.378 e. The summed E-state index contributed by atoms with van der Waals surface area (Å²) < 4.78 is 5.44. The van der Waals surface area contributed by atoms with Crippen LogP contribution >= 0.6 is 0 Å². The summed E-state index contributed by atoms with van der Waals surface area (Å²) in [6.07, 6.45) is 3.62. The minimum atomic E-state index is -0.0525. The minimum Gasteiger partial charge on any atom is -0.378 e. The lowest BCUT2D eigenvalue weighted by Gasteiger charge is -2.33. The molecular formula is C28H34N6O2. The molecule has 0 bridgehead atoms. The number of aromatic nitrogens is 2. The van der Waals surface area contributed by atoms with E-state index in [1.54, 1.807) is 6.20 Å². The van der Waals surface area contributed by atoms with E-state index in [1.165, 1.54) is 11.3 Å². The first-order valence-corrected chi connectivity index (χ1v) is 12.7. The first-order chi connectivity index (χ1) is 17.6. The summed E-state index contributed by atoms with van der Waals surface area (Å²) in [6, 6.07) is 18.5. The number of morpholine rings is 1. The zero-order valence-corrected chi connectivity index (χ0v) is 20.8. The predicted molar refractivity (Wildman–Crippen MR) is 143 cm³/mol. The van der Waals surface area contributed by atoms with Crippen LogP contribution in [-0.4, -0.2) is 55.3 Å². The molecule has 0 spiro atoms. The molecule has 188 valence electrons. The van der Waals surface area contributed by atoms with E-state index in [9.17, 15) is 4.79 Å². The molecule has 2 aromatic carbocycles. The highest BCUT2D eigenvalue weighted by Crippen LogP contribution is 2.24. The van der Waals surface area contributed by atoms with E-state index < -0.39 is 0 Å². The van der Waals surface area contributed by atoms with Crippen LogP contribution in [0.15, 0.2) is 60.8 Å². The number of ether oxygens (including phenoxy) is 1. The lowest BCUT2D eigenvalue weighted by molar-refractivity contribution is -0.125. The van der Waals surface area contributed by atoms with Crippen molar-refractivity contribution in [3.05, 3.63) is 71.9 Å². The van der Waals surface area contributed by atoms with Crippen molar-refractivity contribution in [2.24, 2.45) is 5.92 Å². The first kappa shape index (κ1) is 24.1. The highest BCUT2D eigenvalue weighted by Gasteiger charge is 2.26.